The lowest BCUT2D eigenvalue weighted by Gasteiger charge is -2.12. The van der Waals surface area contributed by atoms with E-state index in [0.29, 0.717) is 11.5 Å². The summed E-state index contributed by atoms with van der Waals surface area (Å²) in [5.74, 6) is 0.745. The van der Waals surface area contributed by atoms with E-state index >= 15 is 0 Å². The molecule has 2 N–H and O–H groups in total. The first-order valence-electron chi connectivity index (χ1n) is 8.01. The quantitative estimate of drug-likeness (QED) is 0.665. The van der Waals surface area contributed by atoms with Gasteiger partial charge >= 0.3 is 0 Å². The zero-order valence-corrected chi connectivity index (χ0v) is 16.1. The van der Waals surface area contributed by atoms with Crippen molar-refractivity contribution in [3.63, 3.8) is 0 Å². The van der Waals surface area contributed by atoms with Crippen molar-refractivity contribution < 1.29 is 27.4 Å². The van der Waals surface area contributed by atoms with E-state index in [1.54, 1.807) is 6.07 Å². The van der Waals surface area contributed by atoms with Crippen LogP contribution in [-0.2, 0) is 21.4 Å². The second-order valence-electron chi connectivity index (χ2n) is 5.43. The molecule has 146 valence electrons. The highest BCUT2D eigenvalue weighted by atomic mass is 32.2. The number of methoxy groups -OCH3 is 3. The van der Waals surface area contributed by atoms with Crippen LogP contribution in [0.25, 0.3) is 0 Å². The first-order chi connectivity index (χ1) is 12.9. The van der Waals surface area contributed by atoms with E-state index < -0.39 is 22.5 Å². The molecule has 8 nitrogen and oxygen atoms in total. The predicted octanol–water partition coefficient (Wildman–Crippen LogP) is 1.31. The normalized spacial score (nSPS) is 10.9. The summed E-state index contributed by atoms with van der Waals surface area (Å²) in [6.45, 7) is -0.191. The molecular formula is C18H22N2O6S. The molecule has 9 heteroatoms. The van der Waals surface area contributed by atoms with Crippen LogP contribution in [0.4, 0.5) is 0 Å². The van der Waals surface area contributed by atoms with Crippen LogP contribution in [0.3, 0.4) is 0 Å². The molecule has 2 aromatic rings. The zero-order valence-electron chi connectivity index (χ0n) is 15.3. The number of hydrogen-bond acceptors (Lipinski definition) is 6. The van der Waals surface area contributed by atoms with Gasteiger partial charge in [0.15, 0.2) is 0 Å². The van der Waals surface area contributed by atoms with Crippen LogP contribution in [0.5, 0.6) is 17.2 Å². The first kappa shape index (κ1) is 20.5. The summed E-state index contributed by atoms with van der Waals surface area (Å²) in [5.41, 5.74) is 0.785. The number of rotatable bonds is 9. The third-order valence-corrected chi connectivity index (χ3v) is 5.19. The van der Waals surface area contributed by atoms with E-state index in [2.05, 4.69) is 10.0 Å². The van der Waals surface area contributed by atoms with Crippen molar-refractivity contribution in [3.8, 4) is 17.2 Å². The molecular weight excluding hydrogens is 372 g/mol. The van der Waals surface area contributed by atoms with Crippen molar-refractivity contribution in [2.45, 2.75) is 11.4 Å². The molecule has 0 radical (unpaired) electrons. The van der Waals surface area contributed by atoms with Gasteiger partial charge in [0, 0.05) is 18.2 Å². The summed E-state index contributed by atoms with van der Waals surface area (Å²) in [7, 11) is 0.424. The van der Waals surface area contributed by atoms with Crippen LogP contribution >= 0.6 is 0 Å². The predicted molar refractivity (Wildman–Crippen MR) is 99.6 cm³/mol. The van der Waals surface area contributed by atoms with Gasteiger partial charge < -0.3 is 19.5 Å². The van der Waals surface area contributed by atoms with Crippen molar-refractivity contribution in [2.75, 3.05) is 27.9 Å². The lowest BCUT2D eigenvalue weighted by Crippen LogP contribution is -2.36. The van der Waals surface area contributed by atoms with Crippen molar-refractivity contribution in [2.24, 2.45) is 0 Å². The number of sulfonamides is 1. The van der Waals surface area contributed by atoms with E-state index in [9.17, 15) is 13.2 Å². The van der Waals surface area contributed by atoms with Gasteiger partial charge in [0.1, 0.15) is 22.1 Å². The van der Waals surface area contributed by atoms with Crippen molar-refractivity contribution in [1.29, 1.82) is 0 Å². The standard InChI is InChI=1S/C18H22N2O6S/c1-24-14-8-9-17(16(10-14)26-3)27(22,23)20-12-18(21)19-11-13-6-4-5-7-15(13)25-2/h4-10,20H,11-12H2,1-3H3,(H,19,21). The second kappa shape index (κ2) is 9.24. The fourth-order valence-corrected chi connectivity index (χ4v) is 3.47. The van der Waals surface area contributed by atoms with Crippen molar-refractivity contribution >= 4 is 15.9 Å². The summed E-state index contributed by atoms with van der Waals surface area (Å²) in [4.78, 5) is 11.9. The van der Waals surface area contributed by atoms with Crippen LogP contribution in [0, 0.1) is 0 Å². The summed E-state index contributed by atoms with van der Waals surface area (Å²) >= 11 is 0. The van der Waals surface area contributed by atoms with Gasteiger partial charge in [-0.3, -0.25) is 4.79 Å². The Hall–Kier alpha value is -2.78. The van der Waals surface area contributed by atoms with Crippen LogP contribution in [0.1, 0.15) is 5.56 Å². The molecule has 0 atom stereocenters. The second-order valence-corrected chi connectivity index (χ2v) is 7.17. The maximum atomic E-state index is 12.5. The number of para-hydroxylation sites is 1. The molecule has 0 bridgehead atoms. The number of ether oxygens (including phenoxy) is 3. The molecule has 1 amide bonds. The molecule has 0 spiro atoms. The fourth-order valence-electron chi connectivity index (χ4n) is 2.34. The van der Waals surface area contributed by atoms with Crippen LogP contribution in [0.15, 0.2) is 47.4 Å². The summed E-state index contributed by atoms with van der Waals surface area (Å²) in [6, 6.07) is 11.5. The third-order valence-electron chi connectivity index (χ3n) is 3.75. The number of nitrogens with one attached hydrogen (secondary N) is 2. The number of carbonyl (C=O) groups is 1. The third kappa shape index (κ3) is 5.35. The molecule has 0 aromatic heterocycles. The van der Waals surface area contributed by atoms with E-state index in [1.165, 1.54) is 39.5 Å². The van der Waals surface area contributed by atoms with Gasteiger partial charge in [-0.25, -0.2) is 13.1 Å². The van der Waals surface area contributed by atoms with E-state index in [0.717, 1.165) is 5.56 Å². The van der Waals surface area contributed by atoms with Gasteiger partial charge in [-0.15, -0.1) is 0 Å². The molecule has 0 heterocycles. The molecule has 0 saturated heterocycles. The molecule has 0 aliphatic carbocycles. The minimum absolute atomic E-state index is 0.0803. The Kier molecular flexibility index (Phi) is 7.03. The van der Waals surface area contributed by atoms with Gasteiger partial charge in [0.05, 0.1) is 27.9 Å². The molecule has 0 saturated carbocycles. The van der Waals surface area contributed by atoms with E-state index in [-0.39, 0.29) is 17.2 Å². The monoisotopic (exact) mass is 394 g/mol. The summed E-state index contributed by atoms with van der Waals surface area (Å²) in [6.07, 6.45) is 0. The van der Waals surface area contributed by atoms with Gasteiger partial charge in [-0.05, 0) is 18.2 Å². The minimum Gasteiger partial charge on any atom is -0.497 e. The number of hydrogen-bond donors (Lipinski definition) is 2. The first-order valence-corrected chi connectivity index (χ1v) is 9.50. The molecule has 0 fully saturated rings. The topological polar surface area (TPSA) is 103 Å². The molecule has 0 aliphatic rings. The van der Waals surface area contributed by atoms with E-state index in [1.807, 2.05) is 18.2 Å². The maximum absolute atomic E-state index is 12.5. The Labute approximate surface area is 158 Å². The number of carbonyl (C=O) groups excluding carboxylic acids is 1. The van der Waals surface area contributed by atoms with Crippen molar-refractivity contribution in [3.05, 3.63) is 48.0 Å². The minimum atomic E-state index is -3.93. The Morgan fingerprint density at radius 1 is 0.963 bits per heavy atom. The summed E-state index contributed by atoms with van der Waals surface area (Å²) in [5, 5.41) is 2.65. The molecule has 2 rings (SSSR count). The van der Waals surface area contributed by atoms with Crippen LogP contribution in [0.2, 0.25) is 0 Å². The lowest BCUT2D eigenvalue weighted by molar-refractivity contribution is -0.120. The zero-order chi connectivity index (χ0) is 19.9. The Bertz CT molecular complexity index is 898. The van der Waals surface area contributed by atoms with Crippen LogP contribution < -0.4 is 24.2 Å². The fraction of sp³-hybridized carbons (Fsp3) is 0.278. The van der Waals surface area contributed by atoms with Crippen LogP contribution in [-0.4, -0.2) is 42.2 Å². The Morgan fingerprint density at radius 3 is 2.33 bits per heavy atom. The van der Waals surface area contributed by atoms with Gasteiger partial charge in [0.25, 0.3) is 0 Å². The average molecular weight is 394 g/mol. The molecule has 2 aromatic carbocycles. The maximum Gasteiger partial charge on any atom is 0.244 e. The van der Waals surface area contributed by atoms with Crippen molar-refractivity contribution in [1.82, 2.24) is 10.0 Å². The summed E-state index contributed by atoms with van der Waals surface area (Å²) < 4.78 is 42.5. The average Bonchev–Trinajstić information content (AvgIpc) is 2.70. The molecule has 27 heavy (non-hydrogen) atoms. The largest absolute Gasteiger partial charge is 0.497 e. The number of amides is 1. The highest BCUT2D eigenvalue weighted by Gasteiger charge is 2.21. The number of benzene rings is 2. The highest BCUT2D eigenvalue weighted by Crippen LogP contribution is 2.28. The van der Waals surface area contributed by atoms with E-state index in [4.69, 9.17) is 14.2 Å². The molecule has 0 unspecified atom stereocenters. The van der Waals surface area contributed by atoms with Gasteiger partial charge in [-0.1, -0.05) is 18.2 Å². The molecule has 0 aliphatic heterocycles. The van der Waals surface area contributed by atoms with Gasteiger partial charge in [-0.2, -0.15) is 0 Å². The Balaban J connectivity index is 1.99. The SMILES string of the molecule is COc1ccc(S(=O)(=O)NCC(=O)NCc2ccccc2OC)c(OC)c1. The van der Waals surface area contributed by atoms with Gasteiger partial charge in [0.2, 0.25) is 15.9 Å². The highest BCUT2D eigenvalue weighted by molar-refractivity contribution is 7.89. The Morgan fingerprint density at radius 2 is 1.67 bits per heavy atom. The lowest BCUT2D eigenvalue weighted by atomic mass is 10.2. The smallest absolute Gasteiger partial charge is 0.244 e.